The Morgan fingerprint density at radius 3 is 2.52 bits per heavy atom. The number of hydrogen-bond acceptors (Lipinski definition) is 7. The molecule has 0 bridgehead atoms. The van der Waals surface area contributed by atoms with Gasteiger partial charge in [0.05, 0.1) is 28.9 Å². The molecule has 0 aromatic heterocycles. The van der Waals surface area contributed by atoms with Gasteiger partial charge in [-0.1, -0.05) is 18.0 Å². The molecule has 2 aromatic carbocycles. The molecule has 10 heteroatoms. The van der Waals surface area contributed by atoms with Crippen LogP contribution in [-0.4, -0.2) is 39.8 Å². The Morgan fingerprint density at radius 2 is 1.81 bits per heavy atom. The standard InChI is InChI=1S/C21H19ClN2O6S/c1-29-20(25)13-6-8-14(9-7-13)30-21(26)15-11-18-17(12-16(15)22)24-10-4-2-3-5-19(24)23-31(18,27)28/h6-9,11-12H,2-5,10H2,1H3. The lowest BCUT2D eigenvalue weighted by Crippen LogP contribution is -2.35. The zero-order valence-electron chi connectivity index (χ0n) is 16.6. The van der Waals surface area contributed by atoms with Crippen LogP contribution in [0.3, 0.4) is 0 Å². The van der Waals surface area contributed by atoms with E-state index in [2.05, 4.69) is 9.13 Å². The highest BCUT2D eigenvalue weighted by Gasteiger charge is 2.33. The molecule has 0 radical (unpaired) electrons. The van der Waals surface area contributed by atoms with Gasteiger partial charge >= 0.3 is 11.9 Å². The predicted octanol–water partition coefficient (Wildman–Crippen LogP) is 3.83. The lowest BCUT2D eigenvalue weighted by atomic mass is 10.1. The Labute approximate surface area is 184 Å². The molecule has 0 amide bonds. The maximum atomic E-state index is 12.8. The molecule has 2 heterocycles. The van der Waals surface area contributed by atoms with Gasteiger partial charge in [0.2, 0.25) is 0 Å². The van der Waals surface area contributed by atoms with Crippen molar-refractivity contribution < 1.29 is 27.5 Å². The number of amidine groups is 1. The van der Waals surface area contributed by atoms with E-state index in [0.717, 1.165) is 19.3 Å². The lowest BCUT2D eigenvalue weighted by molar-refractivity contribution is 0.0600. The summed E-state index contributed by atoms with van der Waals surface area (Å²) in [5.41, 5.74) is 0.636. The van der Waals surface area contributed by atoms with Crippen LogP contribution in [-0.2, 0) is 14.8 Å². The fraction of sp³-hybridized carbons (Fsp3) is 0.286. The SMILES string of the molecule is COC(=O)c1ccc(OC(=O)c2cc3c(cc2Cl)N2CCCCCC2=NS3(=O)=O)cc1. The summed E-state index contributed by atoms with van der Waals surface area (Å²) in [6.45, 7) is 0.633. The quantitative estimate of drug-likeness (QED) is 0.504. The summed E-state index contributed by atoms with van der Waals surface area (Å²) >= 11 is 6.35. The number of carbonyl (C=O) groups is 2. The van der Waals surface area contributed by atoms with E-state index in [4.69, 9.17) is 16.3 Å². The van der Waals surface area contributed by atoms with Crippen LogP contribution in [0.1, 0.15) is 46.4 Å². The van der Waals surface area contributed by atoms with E-state index in [1.807, 2.05) is 4.90 Å². The first-order valence-electron chi connectivity index (χ1n) is 9.65. The van der Waals surface area contributed by atoms with Gasteiger partial charge in [-0.2, -0.15) is 8.42 Å². The Balaban J connectivity index is 1.66. The van der Waals surface area contributed by atoms with Gasteiger partial charge in [0.25, 0.3) is 10.0 Å². The predicted molar refractivity (Wildman–Crippen MR) is 115 cm³/mol. The van der Waals surface area contributed by atoms with Gasteiger partial charge in [-0.3, -0.25) is 0 Å². The van der Waals surface area contributed by atoms with Crippen LogP contribution in [0, 0.1) is 0 Å². The molecule has 4 rings (SSSR count). The van der Waals surface area contributed by atoms with E-state index in [0.29, 0.717) is 30.1 Å². The van der Waals surface area contributed by atoms with E-state index >= 15 is 0 Å². The highest BCUT2D eigenvalue weighted by atomic mass is 35.5. The third kappa shape index (κ3) is 4.15. The third-order valence-electron chi connectivity index (χ3n) is 5.14. The number of ether oxygens (including phenoxy) is 2. The fourth-order valence-electron chi connectivity index (χ4n) is 3.59. The molecular formula is C21H19ClN2O6S. The minimum absolute atomic E-state index is 0.0736. The Kier molecular flexibility index (Phi) is 5.72. The summed E-state index contributed by atoms with van der Waals surface area (Å²) < 4.78 is 39.4. The number of anilines is 1. The van der Waals surface area contributed by atoms with Crippen molar-refractivity contribution in [3.05, 3.63) is 52.5 Å². The van der Waals surface area contributed by atoms with Crippen LogP contribution in [0.15, 0.2) is 45.7 Å². The van der Waals surface area contributed by atoms with Gasteiger partial charge in [-0.25, -0.2) is 9.59 Å². The number of carbonyl (C=O) groups excluding carboxylic acids is 2. The second-order valence-electron chi connectivity index (χ2n) is 7.15. The summed E-state index contributed by atoms with van der Waals surface area (Å²) in [5.74, 6) is -0.669. The van der Waals surface area contributed by atoms with Gasteiger partial charge < -0.3 is 14.4 Å². The van der Waals surface area contributed by atoms with E-state index in [1.54, 1.807) is 0 Å². The van der Waals surface area contributed by atoms with Crippen LogP contribution in [0.25, 0.3) is 0 Å². The van der Waals surface area contributed by atoms with Gasteiger partial charge in [-0.15, -0.1) is 4.40 Å². The molecule has 8 nitrogen and oxygen atoms in total. The zero-order valence-corrected chi connectivity index (χ0v) is 18.2. The van der Waals surface area contributed by atoms with Crippen LogP contribution >= 0.6 is 11.6 Å². The number of sulfonamides is 1. The summed E-state index contributed by atoms with van der Waals surface area (Å²) in [7, 11) is -2.70. The fourth-order valence-corrected chi connectivity index (χ4v) is 5.09. The number of nitrogens with zero attached hydrogens (tertiary/aromatic N) is 2. The maximum Gasteiger partial charge on any atom is 0.345 e. The molecule has 0 unspecified atom stereocenters. The van der Waals surface area contributed by atoms with Crippen molar-refractivity contribution in [3.8, 4) is 5.75 Å². The number of esters is 2. The van der Waals surface area contributed by atoms with Crippen LogP contribution in [0.5, 0.6) is 5.75 Å². The van der Waals surface area contributed by atoms with Crippen LogP contribution < -0.4 is 9.64 Å². The molecule has 1 fully saturated rings. The minimum atomic E-state index is -3.96. The summed E-state index contributed by atoms with van der Waals surface area (Å²) in [6, 6.07) is 8.45. The molecule has 0 saturated carbocycles. The topological polar surface area (TPSA) is 102 Å². The molecule has 2 aliphatic rings. The number of methoxy groups -OCH3 is 1. The smallest absolute Gasteiger partial charge is 0.345 e. The first-order valence-corrected chi connectivity index (χ1v) is 11.5. The van der Waals surface area contributed by atoms with Gasteiger partial charge in [0, 0.05) is 13.0 Å². The number of halogens is 1. The van der Waals surface area contributed by atoms with Crippen molar-refractivity contribution in [1.29, 1.82) is 0 Å². The first-order chi connectivity index (χ1) is 14.8. The van der Waals surface area contributed by atoms with E-state index in [9.17, 15) is 18.0 Å². The molecule has 1 saturated heterocycles. The normalized spacial score (nSPS) is 17.0. The molecule has 2 aliphatic heterocycles. The van der Waals surface area contributed by atoms with Gasteiger partial charge in [-0.05, 0) is 49.2 Å². The Hall–Kier alpha value is -2.91. The van der Waals surface area contributed by atoms with Crippen molar-refractivity contribution in [2.45, 2.75) is 30.6 Å². The number of fused-ring (bicyclic) bond motifs is 3. The van der Waals surface area contributed by atoms with Crippen molar-refractivity contribution in [2.75, 3.05) is 18.6 Å². The van der Waals surface area contributed by atoms with Crippen molar-refractivity contribution >= 4 is 45.1 Å². The Bertz CT molecular complexity index is 1190. The van der Waals surface area contributed by atoms with E-state index in [-0.39, 0.29) is 21.2 Å². The molecule has 0 atom stereocenters. The van der Waals surface area contributed by atoms with Gasteiger partial charge in [0.15, 0.2) is 0 Å². The second kappa shape index (κ2) is 8.32. The lowest BCUT2D eigenvalue weighted by Gasteiger charge is -2.30. The number of hydrogen-bond donors (Lipinski definition) is 0. The van der Waals surface area contributed by atoms with Crippen molar-refractivity contribution in [1.82, 2.24) is 0 Å². The molecule has 162 valence electrons. The van der Waals surface area contributed by atoms with E-state index < -0.39 is 22.0 Å². The second-order valence-corrected chi connectivity index (χ2v) is 9.13. The summed E-state index contributed by atoms with van der Waals surface area (Å²) in [5, 5.41) is 0.0793. The molecule has 0 spiro atoms. The summed E-state index contributed by atoms with van der Waals surface area (Å²) in [4.78, 5) is 26.0. The van der Waals surface area contributed by atoms with Crippen molar-refractivity contribution in [3.63, 3.8) is 0 Å². The van der Waals surface area contributed by atoms with Crippen molar-refractivity contribution in [2.24, 2.45) is 4.40 Å². The molecule has 31 heavy (non-hydrogen) atoms. The molecule has 0 N–H and O–H groups in total. The monoisotopic (exact) mass is 462 g/mol. The average Bonchev–Trinajstić information content (AvgIpc) is 2.98. The Morgan fingerprint density at radius 1 is 1.06 bits per heavy atom. The number of benzene rings is 2. The zero-order chi connectivity index (χ0) is 22.2. The van der Waals surface area contributed by atoms with Gasteiger partial charge in [0.1, 0.15) is 16.5 Å². The van der Waals surface area contributed by atoms with E-state index in [1.165, 1.54) is 43.5 Å². The highest BCUT2D eigenvalue weighted by molar-refractivity contribution is 7.90. The first kappa shape index (κ1) is 21.3. The summed E-state index contributed by atoms with van der Waals surface area (Å²) in [6.07, 6.45) is 3.33. The maximum absolute atomic E-state index is 12.8. The highest BCUT2D eigenvalue weighted by Crippen LogP contribution is 2.38. The minimum Gasteiger partial charge on any atom is -0.465 e. The molecule has 0 aliphatic carbocycles. The third-order valence-corrected chi connectivity index (χ3v) is 6.79. The largest absolute Gasteiger partial charge is 0.465 e. The van der Waals surface area contributed by atoms with Crippen LogP contribution in [0.2, 0.25) is 5.02 Å². The molecule has 2 aromatic rings. The average molecular weight is 463 g/mol. The number of rotatable bonds is 3. The van der Waals surface area contributed by atoms with Crippen LogP contribution in [0.4, 0.5) is 5.69 Å². The molecular weight excluding hydrogens is 444 g/mol.